The summed E-state index contributed by atoms with van der Waals surface area (Å²) in [6.45, 7) is 4.54. The van der Waals surface area contributed by atoms with Crippen LogP contribution in [0, 0.1) is 0 Å². The molecule has 1 saturated heterocycles. The molecule has 1 N–H and O–H groups in total. The summed E-state index contributed by atoms with van der Waals surface area (Å²) in [5, 5.41) is 6.80. The second kappa shape index (κ2) is 5.05. The Morgan fingerprint density at radius 3 is 3.20 bits per heavy atom. The van der Waals surface area contributed by atoms with Crippen LogP contribution in [-0.2, 0) is 0 Å². The average molecular weight is 225 g/mol. The minimum Gasteiger partial charge on any atom is -0.313 e. The highest BCUT2D eigenvalue weighted by atomic mass is 32.1. The first-order valence-electron chi connectivity index (χ1n) is 5.60. The molecule has 0 unspecified atom stereocenters. The Morgan fingerprint density at radius 1 is 1.73 bits per heavy atom. The summed E-state index contributed by atoms with van der Waals surface area (Å²) >= 11 is 1.74. The third-order valence-corrected chi connectivity index (χ3v) is 4.09. The normalized spacial score (nSPS) is 23.5. The second-order valence-electron chi connectivity index (χ2n) is 4.28. The summed E-state index contributed by atoms with van der Waals surface area (Å²) in [5.74, 6) is 0. The van der Waals surface area contributed by atoms with E-state index in [1.54, 1.807) is 11.3 Å². The maximum Gasteiger partial charge on any atom is 0.109 e. The molecule has 4 heteroatoms. The molecule has 1 aromatic heterocycles. The second-order valence-corrected chi connectivity index (χ2v) is 5.21. The van der Waals surface area contributed by atoms with E-state index in [9.17, 15) is 0 Å². The molecule has 1 aliphatic rings. The molecule has 0 amide bonds. The van der Waals surface area contributed by atoms with Crippen molar-refractivity contribution in [1.82, 2.24) is 15.2 Å². The molecule has 3 nitrogen and oxygen atoms in total. The van der Waals surface area contributed by atoms with Gasteiger partial charge in [-0.05, 0) is 33.4 Å². The van der Waals surface area contributed by atoms with Crippen LogP contribution in [0.3, 0.4) is 0 Å². The smallest absolute Gasteiger partial charge is 0.109 e. The van der Waals surface area contributed by atoms with Crippen LogP contribution in [0.2, 0.25) is 0 Å². The molecule has 1 fully saturated rings. The summed E-state index contributed by atoms with van der Waals surface area (Å²) in [5.41, 5.74) is 0. The summed E-state index contributed by atoms with van der Waals surface area (Å²) in [7, 11) is 2.19. The van der Waals surface area contributed by atoms with Crippen molar-refractivity contribution in [2.75, 3.05) is 20.1 Å². The highest BCUT2D eigenvalue weighted by molar-refractivity contribution is 7.09. The molecule has 0 spiro atoms. The van der Waals surface area contributed by atoms with Gasteiger partial charge in [-0.15, -0.1) is 11.3 Å². The van der Waals surface area contributed by atoms with Crippen LogP contribution in [0.25, 0.3) is 0 Å². The molecule has 1 aromatic rings. The number of hydrogen-bond donors (Lipinski definition) is 1. The molecule has 0 bridgehead atoms. The van der Waals surface area contributed by atoms with Crippen molar-refractivity contribution in [3.8, 4) is 0 Å². The fraction of sp³-hybridized carbons (Fsp3) is 0.727. The zero-order chi connectivity index (χ0) is 10.7. The molecule has 15 heavy (non-hydrogen) atoms. The van der Waals surface area contributed by atoms with Crippen LogP contribution < -0.4 is 5.32 Å². The Morgan fingerprint density at radius 2 is 2.60 bits per heavy atom. The van der Waals surface area contributed by atoms with Crippen LogP contribution in [0.1, 0.15) is 30.8 Å². The first-order chi connectivity index (χ1) is 7.27. The lowest BCUT2D eigenvalue weighted by Gasteiger charge is -2.26. The van der Waals surface area contributed by atoms with Crippen molar-refractivity contribution in [3.63, 3.8) is 0 Å². The van der Waals surface area contributed by atoms with Gasteiger partial charge in [0.25, 0.3) is 0 Å². The standard InChI is InChI=1S/C11H19N3S/c1-9(11-13-6-7-15-11)14(2)8-10-4-3-5-12-10/h6-7,9-10,12H,3-5,8H2,1-2H3/t9-,10+/m0/s1. The number of aromatic nitrogens is 1. The Balaban J connectivity index is 1.87. The maximum atomic E-state index is 4.37. The van der Waals surface area contributed by atoms with Crippen molar-refractivity contribution in [2.45, 2.75) is 31.8 Å². The van der Waals surface area contributed by atoms with E-state index in [4.69, 9.17) is 0 Å². The van der Waals surface area contributed by atoms with Gasteiger partial charge in [0.2, 0.25) is 0 Å². The van der Waals surface area contributed by atoms with Crippen LogP contribution >= 0.6 is 11.3 Å². The zero-order valence-electron chi connectivity index (χ0n) is 9.44. The molecule has 2 heterocycles. The average Bonchev–Trinajstić information content (AvgIpc) is 2.88. The fourth-order valence-electron chi connectivity index (χ4n) is 2.05. The number of hydrogen-bond acceptors (Lipinski definition) is 4. The Labute approximate surface area is 95.5 Å². The molecular formula is C11H19N3S. The highest BCUT2D eigenvalue weighted by Gasteiger charge is 2.20. The van der Waals surface area contributed by atoms with Gasteiger partial charge in [-0.3, -0.25) is 4.90 Å². The lowest BCUT2D eigenvalue weighted by atomic mass is 10.2. The minimum atomic E-state index is 0.437. The minimum absolute atomic E-state index is 0.437. The van der Waals surface area contributed by atoms with E-state index < -0.39 is 0 Å². The molecule has 0 saturated carbocycles. The molecule has 2 atom stereocenters. The Bertz CT molecular complexity index is 280. The topological polar surface area (TPSA) is 28.2 Å². The summed E-state index contributed by atoms with van der Waals surface area (Å²) in [6, 6.07) is 1.12. The predicted octanol–water partition coefficient (Wildman–Crippen LogP) is 1.89. The van der Waals surface area contributed by atoms with Crippen LogP contribution in [0.15, 0.2) is 11.6 Å². The van der Waals surface area contributed by atoms with E-state index in [0.29, 0.717) is 12.1 Å². The van der Waals surface area contributed by atoms with Gasteiger partial charge in [0.15, 0.2) is 0 Å². The van der Waals surface area contributed by atoms with Gasteiger partial charge >= 0.3 is 0 Å². The van der Waals surface area contributed by atoms with Crippen molar-refractivity contribution >= 4 is 11.3 Å². The number of likely N-dealkylation sites (N-methyl/N-ethyl adjacent to an activating group) is 1. The van der Waals surface area contributed by atoms with Crippen molar-refractivity contribution < 1.29 is 0 Å². The molecule has 84 valence electrons. The first kappa shape index (κ1) is 11.0. The van der Waals surface area contributed by atoms with Gasteiger partial charge in [0, 0.05) is 24.2 Å². The van der Waals surface area contributed by atoms with E-state index in [1.165, 1.54) is 24.4 Å². The SMILES string of the molecule is C[C@@H](c1nccs1)N(C)C[C@H]1CCCN1. The van der Waals surface area contributed by atoms with Gasteiger partial charge in [-0.25, -0.2) is 4.98 Å². The predicted molar refractivity (Wildman–Crippen MR) is 64.2 cm³/mol. The van der Waals surface area contributed by atoms with Gasteiger partial charge < -0.3 is 5.32 Å². The monoisotopic (exact) mass is 225 g/mol. The number of nitrogens with zero attached hydrogens (tertiary/aromatic N) is 2. The van der Waals surface area contributed by atoms with E-state index >= 15 is 0 Å². The quantitative estimate of drug-likeness (QED) is 0.848. The molecular weight excluding hydrogens is 206 g/mol. The largest absolute Gasteiger partial charge is 0.313 e. The number of nitrogens with one attached hydrogen (secondary N) is 1. The van der Waals surface area contributed by atoms with Crippen molar-refractivity contribution in [1.29, 1.82) is 0 Å². The van der Waals surface area contributed by atoms with E-state index in [2.05, 4.69) is 29.2 Å². The first-order valence-corrected chi connectivity index (χ1v) is 6.48. The Hall–Kier alpha value is -0.450. The van der Waals surface area contributed by atoms with Crippen molar-refractivity contribution in [2.24, 2.45) is 0 Å². The summed E-state index contributed by atoms with van der Waals surface area (Å²) < 4.78 is 0. The van der Waals surface area contributed by atoms with Gasteiger partial charge in [-0.2, -0.15) is 0 Å². The molecule has 0 radical (unpaired) electrons. The molecule has 0 aliphatic carbocycles. The van der Waals surface area contributed by atoms with Crippen LogP contribution in [0.5, 0.6) is 0 Å². The molecule has 2 rings (SSSR count). The van der Waals surface area contributed by atoms with Gasteiger partial charge in [-0.1, -0.05) is 0 Å². The van der Waals surface area contributed by atoms with E-state index in [1.807, 2.05) is 11.6 Å². The molecule has 0 aromatic carbocycles. The van der Waals surface area contributed by atoms with Crippen molar-refractivity contribution in [3.05, 3.63) is 16.6 Å². The van der Waals surface area contributed by atoms with E-state index in [-0.39, 0.29) is 0 Å². The highest BCUT2D eigenvalue weighted by Crippen LogP contribution is 2.21. The summed E-state index contributed by atoms with van der Waals surface area (Å²) in [6.07, 6.45) is 4.53. The Kier molecular flexibility index (Phi) is 3.72. The zero-order valence-corrected chi connectivity index (χ0v) is 10.3. The van der Waals surface area contributed by atoms with Gasteiger partial charge in [0.1, 0.15) is 5.01 Å². The lowest BCUT2D eigenvalue weighted by Crippen LogP contribution is -2.36. The summed E-state index contributed by atoms with van der Waals surface area (Å²) in [4.78, 5) is 6.76. The van der Waals surface area contributed by atoms with E-state index in [0.717, 1.165) is 6.54 Å². The van der Waals surface area contributed by atoms with Crippen LogP contribution in [0.4, 0.5) is 0 Å². The number of thiazole rings is 1. The maximum absolute atomic E-state index is 4.37. The fourth-order valence-corrected chi connectivity index (χ4v) is 2.81. The third kappa shape index (κ3) is 2.77. The number of rotatable bonds is 4. The van der Waals surface area contributed by atoms with Gasteiger partial charge in [0.05, 0.1) is 6.04 Å². The molecule has 1 aliphatic heterocycles. The van der Waals surface area contributed by atoms with Crippen LogP contribution in [-0.4, -0.2) is 36.1 Å². The lowest BCUT2D eigenvalue weighted by molar-refractivity contribution is 0.238. The third-order valence-electron chi connectivity index (χ3n) is 3.14.